The Kier molecular flexibility index (Phi) is 3.14. The topological polar surface area (TPSA) is 30.0 Å². The minimum atomic E-state index is -4.36. The van der Waals surface area contributed by atoms with Crippen LogP contribution in [0.25, 0.3) is 11.1 Å². The average molecular weight is 251 g/mol. The third kappa shape index (κ3) is 2.40. The van der Waals surface area contributed by atoms with Gasteiger partial charge in [0.2, 0.25) is 0 Å². The van der Waals surface area contributed by atoms with E-state index in [1.165, 1.54) is 30.6 Å². The largest absolute Gasteiger partial charge is 0.416 e. The Hall–Kier alpha value is -2.17. The Morgan fingerprint density at radius 2 is 1.72 bits per heavy atom. The highest BCUT2D eigenvalue weighted by molar-refractivity contribution is 5.86. The van der Waals surface area contributed by atoms with Gasteiger partial charge < -0.3 is 0 Å². The number of carbonyl (C=O) groups excluding carboxylic acids is 1. The monoisotopic (exact) mass is 251 g/mol. The molecule has 92 valence electrons. The van der Waals surface area contributed by atoms with E-state index in [4.69, 9.17) is 0 Å². The van der Waals surface area contributed by atoms with E-state index in [1.54, 1.807) is 0 Å². The second-order valence-electron chi connectivity index (χ2n) is 3.66. The van der Waals surface area contributed by atoms with Gasteiger partial charge in [-0.1, -0.05) is 12.1 Å². The Morgan fingerprint density at radius 1 is 1.06 bits per heavy atom. The number of hydrogen-bond donors (Lipinski definition) is 0. The SMILES string of the molecule is O=Cc1ccncc1-c1ccc(C(F)(F)F)cc1. The summed E-state index contributed by atoms with van der Waals surface area (Å²) in [5.41, 5.74) is 0.715. The minimum Gasteiger partial charge on any atom is -0.298 e. The van der Waals surface area contributed by atoms with E-state index in [-0.39, 0.29) is 0 Å². The molecule has 0 amide bonds. The predicted octanol–water partition coefficient (Wildman–Crippen LogP) is 3.58. The molecule has 0 aliphatic rings. The molecule has 0 aliphatic heterocycles. The summed E-state index contributed by atoms with van der Waals surface area (Å²) in [5, 5.41) is 0. The van der Waals surface area contributed by atoms with Crippen molar-refractivity contribution in [3.8, 4) is 11.1 Å². The zero-order chi connectivity index (χ0) is 13.2. The zero-order valence-electron chi connectivity index (χ0n) is 9.11. The quantitative estimate of drug-likeness (QED) is 0.763. The van der Waals surface area contributed by atoms with E-state index in [1.807, 2.05) is 0 Å². The van der Waals surface area contributed by atoms with Gasteiger partial charge in [0.1, 0.15) is 0 Å². The number of alkyl halides is 3. The van der Waals surface area contributed by atoms with Gasteiger partial charge in [-0.2, -0.15) is 13.2 Å². The van der Waals surface area contributed by atoms with Crippen LogP contribution in [-0.2, 0) is 6.18 Å². The number of nitrogens with zero attached hydrogens (tertiary/aromatic N) is 1. The molecular weight excluding hydrogens is 243 g/mol. The van der Waals surface area contributed by atoms with Crippen LogP contribution in [0.3, 0.4) is 0 Å². The summed E-state index contributed by atoms with van der Waals surface area (Å²) in [6.07, 6.45) is -0.806. The van der Waals surface area contributed by atoms with E-state index < -0.39 is 11.7 Å². The summed E-state index contributed by atoms with van der Waals surface area (Å²) >= 11 is 0. The van der Waals surface area contributed by atoms with Crippen molar-refractivity contribution < 1.29 is 18.0 Å². The fraction of sp³-hybridized carbons (Fsp3) is 0.0769. The summed E-state index contributed by atoms with van der Waals surface area (Å²) in [7, 11) is 0. The van der Waals surface area contributed by atoms with Crippen molar-refractivity contribution in [3.63, 3.8) is 0 Å². The normalized spacial score (nSPS) is 11.3. The molecule has 2 aromatic rings. The summed E-state index contributed by atoms with van der Waals surface area (Å²) in [6.45, 7) is 0. The van der Waals surface area contributed by atoms with Gasteiger partial charge in [-0.15, -0.1) is 0 Å². The number of rotatable bonds is 2. The Morgan fingerprint density at radius 3 is 2.28 bits per heavy atom. The molecule has 1 heterocycles. The maximum Gasteiger partial charge on any atom is 0.416 e. The fourth-order valence-electron chi connectivity index (χ4n) is 1.59. The first-order valence-corrected chi connectivity index (χ1v) is 5.09. The molecule has 0 saturated heterocycles. The van der Waals surface area contributed by atoms with Crippen LogP contribution in [0, 0.1) is 0 Å². The molecule has 0 saturated carbocycles. The Balaban J connectivity index is 2.44. The van der Waals surface area contributed by atoms with Crippen molar-refractivity contribution in [1.82, 2.24) is 4.98 Å². The van der Waals surface area contributed by atoms with Crippen LogP contribution in [0.1, 0.15) is 15.9 Å². The molecule has 5 heteroatoms. The van der Waals surface area contributed by atoms with Gasteiger partial charge in [0.05, 0.1) is 5.56 Å². The molecule has 2 nitrogen and oxygen atoms in total. The molecule has 1 aromatic heterocycles. The number of benzene rings is 1. The first-order chi connectivity index (χ1) is 8.52. The summed E-state index contributed by atoms with van der Waals surface area (Å²) in [6, 6.07) is 6.13. The van der Waals surface area contributed by atoms with Gasteiger partial charge in [-0.25, -0.2) is 0 Å². The molecule has 0 aliphatic carbocycles. The van der Waals surface area contributed by atoms with Crippen molar-refractivity contribution in [2.24, 2.45) is 0 Å². The van der Waals surface area contributed by atoms with E-state index in [9.17, 15) is 18.0 Å². The predicted molar refractivity (Wildman–Crippen MR) is 60.1 cm³/mol. The van der Waals surface area contributed by atoms with Crippen LogP contribution in [0.15, 0.2) is 42.7 Å². The first kappa shape index (κ1) is 12.3. The molecular formula is C13H8F3NO. The molecule has 0 fully saturated rings. The molecule has 0 unspecified atom stereocenters. The van der Waals surface area contributed by atoms with Gasteiger partial charge in [0.15, 0.2) is 6.29 Å². The van der Waals surface area contributed by atoms with E-state index in [2.05, 4.69) is 4.98 Å². The third-order valence-corrected chi connectivity index (χ3v) is 2.50. The van der Waals surface area contributed by atoms with Gasteiger partial charge in [0, 0.05) is 23.5 Å². The van der Waals surface area contributed by atoms with Crippen molar-refractivity contribution in [3.05, 3.63) is 53.9 Å². The van der Waals surface area contributed by atoms with Gasteiger partial charge in [-0.05, 0) is 23.8 Å². The fourth-order valence-corrected chi connectivity index (χ4v) is 1.59. The van der Waals surface area contributed by atoms with Crippen LogP contribution >= 0.6 is 0 Å². The van der Waals surface area contributed by atoms with Crippen molar-refractivity contribution in [2.75, 3.05) is 0 Å². The van der Waals surface area contributed by atoms with Crippen molar-refractivity contribution in [2.45, 2.75) is 6.18 Å². The molecule has 0 bridgehead atoms. The summed E-state index contributed by atoms with van der Waals surface area (Å²) in [4.78, 5) is 14.7. The smallest absolute Gasteiger partial charge is 0.298 e. The van der Waals surface area contributed by atoms with Crippen LogP contribution < -0.4 is 0 Å². The van der Waals surface area contributed by atoms with Gasteiger partial charge in [0.25, 0.3) is 0 Å². The number of aldehydes is 1. The highest BCUT2D eigenvalue weighted by atomic mass is 19.4. The molecule has 0 atom stereocenters. The molecule has 1 aromatic carbocycles. The summed E-state index contributed by atoms with van der Waals surface area (Å²) in [5.74, 6) is 0. The Labute approximate surface area is 101 Å². The van der Waals surface area contributed by atoms with Crippen molar-refractivity contribution >= 4 is 6.29 Å². The lowest BCUT2D eigenvalue weighted by atomic mass is 10.0. The molecule has 0 spiro atoms. The standard InChI is InChI=1S/C13H8F3NO/c14-13(15,16)11-3-1-9(2-4-11)12-7-17-6-5-10(12)8-18/h1-8H. The van der Waals surface area contributed by atoms with E-state index >= 15 is 0 Å². The number of pyridine rings is 1. The highest BCUT2D eigenvalue weighted by Crippen LogP contribution is 2.31. The van der Waals surface area contributed by atoms with Crippen LogP contribution in [-0.4, -0.2) is 11.3 Å². The minimum absolute atomic E-state index is 0.393. The number of carbonyl (C=O) groups is 1. The maximum absolute atomic E-state index is 12.4. The second kappa shape index (κ2) is 4.60. The first-order valence-electron chi connectivity index (χ1n) is 5.09. The second-order valence-corrected chi connectivity index (χ2v) is 3.66. The van der Waals surface area contributed by atoms with Gasteiger partial charge >= 0.3 is 6.18 Å². The molecule has 2 rings (SSSR count). The highest BCUT2D eigenvalue weighted by Gasteiger charge is 2.30. The number of hydrogen-bond acceptors (Lipinski definition) is 2. The molecule has 18 heavy (non-hydrogen) atoms. The van der Waals surface area contributed by atoms with E-state index in [0.717, 1.165) is 12.1 Å². The van der Waals surface area contributed by atoms with Crippen LogP contribution in [0.2, 0.25) is 0 Å². The van der Waals surface area contributed by atoms with Gasteiger partial charge in [-0.3, -0.25) is 9.78 Å². The maximum atomic E-state index is 12.4. The number of aromatic nitrogens is 1. The number of halogens is 3. The van der Waals surface area contributed by atoms with Crippen LogP contribution in [0.5, 0.6) is 0 Å². The lowest BCUT2D eigenvalue weighted by Crippen LogP contribution is -2.04. The Bertz CT molecular complexity index is 561. The van der Waals surface area contributed by atoms with E-state index in [0.29, 0.717) is 23.0 Å². The lowest BCUT2D eigenvalue weighted by Gasteiger charge is -2.08. The van der Waals surface area contributed by atoms with Crippen molar-refractivity contribution in [1.29, 1.82) is 0 Å². The lowest BCUT2D eigenvalue weighted by molar-refractivity contribution is -0.137. The average Bonchev–Trinajstić information content (AvgIpc) is 2.38. The zero-order valence-corrected chi connectivity index (χ0v) is 9.11. The third-order valence-electron chi connectivity index (χ3n) is 2.50. The molecule has 0 N–H and O–H groups in total. The summed E-state index contributed by atoms with van der Waals surface area (Å²) < 4.78 is 37.2. The molecule has 0 radical (unpaired) electrons. The van der Waals surface area contributed by atoms with Crippen LogP contribution in [0.4, 0.5) is 13.2 Å².